The monoisotopic (exact) mass is 530 g/mol. The summed E-state index contributed by atoms with van der Waals surface area (Å²) in [7, 11) is 1.58. The maximum absolute atomic E-state index is 13.1. The molecule has 0 aliphatic heterocycles. The van der Waals surface area contributed by atoms with Crippen molar-refractivity contribution >= 4 is 11.9 Å². The Morgan fingerprint density at radius 2 is 1.78 bits per heavy atom. The summed E-state index contributed by atoms with van der Waals surface area (Å²) in [5.41, 5.74) is -1.43. The van der Waals surface area contributed by atoms with Gasteiger partial charge in [0.05, 0.1) is 24.6 Å². The topological polar surface area (TPSA) is 109 Å². The molecule has 2 aromatic carbocycles. The number of hydrogen-bond acceptors (Lipinski definition) is 4. The molecule has 14 heteroatoms. The SMILES string of the molecule is Cn1ccn(Cc2cc(OC(F)(F)F)cc(C(=O)N[C@@H](CC(=O)O)c3cccc(C(F)(F)F)c3)c2)c1=N. The fraction of sp³-hybridized carbons (Fsp3) is 0.261. The van der Waals surface area contributed by atoms with Gasteiger partial charge in [0.2, 0.25) is 5.62 Å². The van der Waals surface area contributed by atoms with Crippen molar-refractivity contribution in [1.29, 1.82) is 5.41 Å². The number of amides is 1. The molecule has 1 heterocycles. The van der Waals surface area contributed by atoms with Gasteiger partial charge in [0.25, 0.3) is 5.91 Å². The molecule has 0 spiro atoms. The van der Waals surface area contributed by atoms with E-state index in [2.05, 4.69) is 10.1 Å². The molecule has 0 fully saturated rings. The third-order valence-corrected chi connectivity index (χ3v) is 5.19. The number of ether oxygens (including phenoxy) is 1. The van der Waals surface area contributed by atoms with Crippen LogP contribution in [0.15, 0.2) is 54.9 Å². The Labute approximate surface area is 205 Å². The van der Waals surface area contributed by atoms with Gasteiger partial charge in [-0.05, 0) is 41.5 Å². The number of imidazole rings is 1. The molecular weight excluding hydrogens is 510 g/mol. The molecule has 0 saturated carbocycles. The quantitative estimate of drug-likeness (QED) is 0.379. The van der Waals surface area contributed by atoms with E-state index in [0.717, 1.165) is 24.3 Å². The van der Waals surface area contributed by atoms with Gasteiger partial charge in [-0.2, -0.15) is 13.2 Å². The number of carboxylic acid groups (broad SMARTS) is 1. The number of carboxylic acids is 1. The highest BCUT2D eigenvalue weighted by Gasteiger charge is 2.33. The van der Waals surface area contributed by atoms with E-state index in [9.17, 15) is 41.0 Å². The first-order valence-corrected chi connectivity index (χ1v) is 10.5. The van der Waals surface area contributed by atoms with E-state index in [4.69, 9.17) is 5.41 Å². The zero-order chi connectivity index (χ0) is 27.5. The van der Waals surface area contributed by atoms with Crippen molar-refractivity contribution in [3.05, 3.63) is 82.7 Å². The second-order valence-electron chi connectivity index (χ2n) is 8.02. The number of aryl methyl sites for hydroxylation is 1. The summed E-state index contributed by atoms with van der Waals surface area (Å²) < 4.78 is 84.8. The highest BCUT2D eigenvalue weighted by atomic mass is 19.4. The summed E-state index contributed by atoms with van der Waals surface area (Å²) in [6.07, 6.45) is -7.57. The molecule has 3 N–H and O–H groups in total. The van der Waals surface area contributed by atoms with Crippen LogP contribution >= 0.6 is 0 Å². The van der Waals surface area contributed by atoms with E-state index in [1.807, 2.05) is 0 Å². The normalized spacial score (nSPS) is 12.7. The van der Waals surface area contributed by atoms with Gasteiger partial charge >= 0.3 is 18.5 Å². The number of aromatic nitrogens is 2. The van der Waals surface area contributed by atoms with Crippen LogP contribution in [0.4, 0.5) is 26.3 Å². The second-order valence-corrected chi connectivity index (χ2v) is 8.02. The molecule has 0 aliphatic rings. The Morgan fingerprint density at radius 1 is 1.08 bits per heavy atom. The predicted octanol–water partition coefficient (Wildman–Crippen LogP) is 4.22. The first-order chi connectivity index (χ1) is 17.1. The Kier molecular flexibility index (Phi) is 7.69. The average Bonchev–Trinajstić information content (AvgIpc) is 3.08. The van der Waals surface area contributed by atoms with Crippen molar-refractivity contribution in [2.24, 2.45) is 7.05 Å². The number of benzene rings is 2. The third kappa shape index (κ3) is 7.38. The van der Waals surface area contributed by atoms with E-state index in [1.54, 1.807) is 7.05 Å². The standard InChI is InChI=1S/C23H20F6N4O4/c1-32-5-6-33(21(32)30)12-13-7-15(10-17(8-13)37-23(27,28)29)20(36)31-18(11-19(34)35)14-3-2-4-16(9-14)22(24,25)26/h2-10,18,30H,11-12H2,1H3,(H,31,36)(H,34,35)/t18-/m0/s1. The number of aliphatic carboxylic acids is 1. The Balaban J connectivity index is 1.97. The molecule has 37 heavy (non-hydrogen) atoms. The average molecular weight is 530 g/mol. The van der Waals surface area contributed by atoms with Crippen molar-refractivity contribution in [2.45, 2.75) is 31.5 Å². The minimum atomic E-state index is -5.09. The molecule has 3 aromatic rings. The zero-order valence-electron chi connectivity index (χ0n) is 19.0. The molecule has 198 valence electrons. The van der Waals surface area contributed by atoms with Crippen molar-refractivity contribution in [3.8, 4) is 5.75 Å². The largest absolute Gasteiger partial charge is 0.573 e. The van der Waals surface area contributed by atoms with Crippen molar-refractivity contribution < 1.29 is 45.8 Å². The maximum atomic E-state index is 13.1. The molecule has 1 amide bonds. The van der Waals surface area contributed by atoms with E-state index in [-0.39, 0.29) is 28.9 Å². The molecule has 3 rings (SSSR count). The zero-order valence-corrected chi connectivity index (χ0v) is 19.0. The van der Waals surface area contributed by atoms with Crippen LogP contribution in [-0.4, -0.2) is 32.5 Å². The van der Waals surface area contributed by atoms with Gasteiger partial charge in [-0.1, -0.05) is 12.1 Å². The van der Waals surface area contributed by atoms with Gasteiger partial charge in [0, 0.05) is 25.0 Å². The minimum absolute atomic E-state index is 0.0132. The van der Waals surface area contributed by atoms with Gasteiger partial charge in [-0.25, -0.2) is 0 Å². The lowest BCUT2D eigenvalue weighted by Gasteiger charge is -2.20. The second kappa shape index (κ2) is 10.4. The van der Waals surface area contributed by atoms with Crippen molar-refractivity contribution in [2.75, 3.05) is 0 Å². The Morgan fingerprint density at radius 3 is 2.35 bits per heavy atom. The van der Waals surface area contributed by atoms with Crippen LogP contribution in [-0.2, 0) is 24.6 Å². The van der Waals surface area contributed by atoms with Crippen LogP contribution in [0.25, 0.3) is 0 Å². The predicted molar refractivity (Wildman–Crippen MR) is 115 cm³/mol. The third-order valence-electron chi connectivity index (χ3n) is 5.19. The molecule has 8 nitrogen and oxygen atoms in total. The lowest BCUT2D eigenvalue weighted by atomic mass is 10.00. The summed E-state index contributed by atoms with van der Waals surface area (Å²) in [6.45, 7) is -0.110. The summed E-state index contributed by atoms with van der Waals surface area (Å²) in [5, 5.41) is 19.5. The van der Waals surface area contributed by atoms with E-state index < -0.39 is 48.2 Å². The van der Waals surface area contributed by atoms with E-state index in [0.29, 0.717) is 6.07 Å². The van der Waals surface area contributed by atoms with Crippen LogP contribution in [0, 0.1) is 5.41 Å². The number of alkyl halides is 6. The van der Waals surface area contributed by atoms with E-state index in [1.165, 1.54) is 33.7 Å². The van der Waals surface area contributed by atoms with Crippen molar-refractivity contribution in [3.63, 3.8) is 0 Å². The van der Waals surface area contributed by atoms with Gasteiger partial charge in [-0.3, -0.25) is 15.0 Å². The molecule has 0 radical (unpaired) electrons. The number of hydrogen-bond donors (Lipinski definition) is 3. The lowest BCUT2D eigenvalue weighted by Crippen LogP contribution is -2.31. The first-order valence-electron chi connectivity index (χ1n) is 10.5. The molecule has 0 aliphatic carbocycles. The first kappa shape index (κ1) is 27.4. The fourth-order valence-electron chi connectivity index (χ4n) is 3.52. The summed E-state index contributed by atoms with van der Waals surface area (Å²) in [6, 6.07) is 5.27. The summed E-state index contributed by atoms with van der Waals surface area (Å²) in [5.74, 6) is -3.21. The van der Waals surface area contributed by atoms with Crippen molar-refractivity contribution in [1.82, 2.24) is 14.5 Å². The highest BCUT2D eigenvalue weighted by Crippen LogP contribution is 2.32. The highest BCUT2D eigenvalue weighted by molar-refractivity contribution is 5.95. The molecular formula is C23H20F6N4O4. The maximum Gasteiger partial charge on any atom is 0.573 e. The lowest BCUT2D eigenvalue weighted by molar-refractivity contribution is -0.274. The fourth-order valence-corrected chi connectivity index (χ4v) is 3.52. The van der Waals surface area contributed by atoms with Gasteiger partial charge in [0.15, 0.2) is 0 Å². The molecule has 0 unspecified atom stereocenters. The molecule has 0 bridgehead atoms. The molecule has 0 saturated heterocycles. The number of carbonyl (C=O) groups is 2. The number of carbonyl (C=O) groups excluding carboxylic acids is 1. The Hall–Kier alpha value is -4.23. The van der Waals surface area contributed by atoms with Crippen LogP contribution in [0.3, 0.4) is 0 Å². The Bertz CT molecular complexity index is 1360. The van der Waals surface area contributed by atoms with E-state index >= 15 is 0 Å². The molecule has 1 aromatic heterocycles. The summed E-state index contributed by atoms with van der Waals surface area (Å²) in [4.78, 5) is 24.3. The van der Waals surface area contributed by atoms with Crippen LogP contribution in [0.2, 0.25) is 0 Å². The van der Waals surface area contributed by atoms with Gasteiger partial charge in [0.1, 0.15) is 5.75 Å². The number of nitrogens with zero attached hydrogens (tertiary/aromatic N) is 2. The summed E-state index contributed by atoms with van der Waals surface area (Å²) >= 11 is 0. The smallest absolute Gasteiger partial charge is 0.481 e. The van der Waals surface area contributed by atoms with Gasteiger partial charge in [-0.15, -0.1) is 13.2 Å². The van der Waals surface area contributed by atoms with Crippen LogP contribution < -0.4 is 15.7 Å². The van der Waals surface area contributed by atoms with Crippen LogP contribution in [0.5, 0.6) is 5.75 Å². The number of rotatable bonds is 8. The van der Waals surface area contributed by atoms with Crippen LogP contribution in [0.1, 0.15) is 39.5 Å². The minimum Gasteiger partial charge on any atom is -0.481 e. The van der Waals surface area contributed by atoms with Gasteiger partial charge < -0.3 is 24.3 Å². The number of halogens is 6. The number of nitrogens with one attached hydrogen (secondary N) is 2. The molecule has 1 atom stereocenters.